The number of hydrogen-bond donors (Lipinski definition) is 2. The van der Waals surface area contributed by atoms with Gasteiger partial charge in [-0.1, -0.05) is 32.0 Å². The predicted octanol–water partition coefficient (Wildman–Crippen LogP) is 2.90. The first-order valence-electron chi connectivity index (χ1n) is 7.43. The summed E-state index contributed by atoms with van der Waals surface area (Å²) in [7, 11) is -3.78. The van der Waals surface area contributed by atoms with Crippen LogP contribution in [0.3, 0.4) is 0 Å². The lowest BCUT2D eigenvalue weighted by molar-refractivity contribution is -0.118. The highest BCUT2D eigenvalue weighted by Crippen LogP contribution is 2.13. The van der Waals surface area contributed by atoms with E-state index in [2.05, 4.69) is 10.0 Å². The molecule has 0 unspecified atom stereocenters. The highest BCUT2D eigenvalue weighted by Gasteiger charge is 2.14. The topological polar surface area (TPSA) is 75.3 Å². The molecule has 0 aromatic heterocycles. The molecule has 0 fully saturated rings. The van der Waals surface area contributed by atoms with Crippen molar-refractivity contribution in [3.05, 3.63) is 59.9 Å². The number of carbonyl (C=O) groups is 1. The van der Waals surface area contributed by atoms with Gasteiger partial charge in [-0.15, -0.1) is 0 Å². The molecule has 2 aromatic rings. The van der Waals surface area contributed by atoms with Gasteiger partial charge in [0.25, 0.3) is 0 Å². The molecule has 0 aliphatic rings. The third-order valence-corrected chi connectivity index (χ3v) is 4.72. The molecule has 1 amide bonds. The number of benzene rings is 2. The van der Waals surface area contributed by atoms with Crippen LogP contribution in [0.4, 0.5) is 10.1 Å². The molecule has 0 saturated heterocycles. The summed E-state index contributed by atoms with van der Waals surface area (Å²) in [4.78, 5) is 11.5. The maximum Gasteiger partial charge on any atom is 0.240 e. The van der Waals surface area contributed by atoms with Gasteiger partial charge in [0, 0.05) is 18.2 Å². The fourth-order valence-electron chi connectivity index (χ4n) is 1.89. The van der Waals surface area contributed by atoms with Gasteiger partial charge in [0.1, 0.15) is 5.82 Å². The van der Waals surface area contributed by atoms with Crippen LogP contribution in [0.5, 0.6) is 0 Å². The van der Waals surface area contributed by atoms with Gasteiger partial charge in [0.2, 0.25) is 15.9 Å². The second kappa shape index (κ2) is 7.55. The second-order valence-corrected chi connectivity index (χ2v) is 7.39. The van der Waals surface area contributed by atoms with Gasteiger partial charge < -0.3 is 5.32 Å². The van der Waals surface area contributed by atoms with Crippen molar-refractivity contribution in [2.45, 2.75) is 25.3 Å². The maximum atomic E-state index is 13.1. The molecule has 0 aliphatic carbocycles. The fourth-order valence-corrected chi connectivity index (χ4v) is 2.94. The normalized spacial score (nSPS) is 11.5. The van der Waals surface area contributed by atoms with Crippen molar-refractivity contribution < 1.29 is 17.6 Å². The number of amides is 1. The number of carbonyl (C=O) groups excluding carboxylic acids is 1. The molecule has 2 N–H and O–H groups in total. The van der Waals surface area contributed by atoms with E-state index in [0.29, 0.717) is 5.69 Å². The van der Waals surface area contributed by atoms with Crippen LogP contribution in [0, 0.1) is 11.7 Å². The summed E-state index contributed by atoms with van der Waals surface area (Å²) in [6.45, 7) is 3.66. The number of sulfonamides is 1. The molecule has 7 heteroatoms. The largest absolute Gasteiger partial charge is 0.326 e. The van der Waals surface area contributed by atoms with E-state index < -0.39 is 15.8 Å². The van der Waals surface area contributed by atoms with E-state index in [4.69, 9.17) is 0 Å². The van der Waals surface area contributed by atoms with Gasteiger partial charge in [-0.05, 0) is 35.9 Å². The Balaban J connectivity index is 2.00. The Labute approximate surface area is 141 Å². The summed E-state index contributed by atoms with van der Waals surface area (Å²) in [6, 6.07) is 11.6. The lowest BCUT2D eigenvalue weighted by Crippen LogP contribution is -2.23. The minimum Gasteiger partial charge on any atom is -0.326 e. The molecule has 0 spiro atoms. The molecule has 24 heavy (non-hydrogen) atoms. The minimum atomic E-state index is -3.78. The first kappa shape index (κ1) is 18.1. The molecular formula is C17H19FN2O3S. The number of nitrogens with one attached hydrogen (secondary N) is 2. The van der Waals surface area contributed by atoms with Crippen LogP contribution in [0.25, 0.3) is 0 Å². The summed E-state index contributed by atoms with van der Waals surface area (Å²) in [5.74, 6) is -0.819. The van der Waals surface area contributed by atoms with Gasteiger partial charge in [-0.25, -0.2) is 17.5 Å². The van der Waals surface area contributed by atoms with Crippen molar-refractivity contribution in [1.29, 1.82) is 0 Å². The molecule has 2 aromatic carbocycles. The zero-order valence-corrected chi connectivity index (χ0v) is 14.2. The van der Waals surface area contributed by atoms with Crippen molar-refractivity contribution in [2.24, 2.45) is 5.92 Å². The number of anilines is 1. The summed E-state index contributed by atoms with van der Waals surface area (Å²) in [5, 5.41) is 2.75. The molecule has 0 heterocycles. The number of halogens is 1. The van der Waals surface area contributed by atoms with Crippen molar-refractivity contribution >= 4 is 21.6 Å². The molecule has 0 radical (unpaired) electrons. The van der Waals surface area contributed by atoms with Crippen LogP contribution >= 0.6 is 0 Å². The fraction of sp³-hybridized carbons (Fsp3) is 0.235. The molecule has 5 nitrogen and oxygen atoms in total. The quantitative estimate of drug-likeness (QED) is 0.841. The van der Waals surface area contributed by atoms with Crippen molar-refractivity contribution in [2.75, 3.05) is 5.32 Å². The summed E-state index contributed by atoms with van der Waals surface area (Å²) in [6.07, 6.45) is 0. The van der Waals surface area contributed by atoms with E-state index in [-0.39, 0.29) is 23.3 Å². The Morgan fingerprint density at radius 1 is 1.12 bits per heavy atom. The summed E-state index contributed by atoms with van der Waals surface area (Å²) >= 11 is 0. The van der Waals surface area contributed by atoms with Crippen LogP contribution in [-0.4, -0.2) is 14.3 Å². The van der Waals surface area contributed by atoms with E-state index >= 15 is 0 Å². The Morgan fingerprint density at radius 3 is 2.38 bits per heavy atom. The highest BCUT2D eigenvalue weighted by molar-refractivity contribution is 7.89. The van der Waals surface area contributed by atoms with Gasteiger partial charge in [-0.3, -0.25) is 4.79 Å². The Kier molecular flexibility index (Phi) is 5.69. The molecule has 0 saturated carbocycles. The Bertz CT molecular complexity index is 818. The molecular weight excluding hydrogens is 331 g/mol. The highest BCUT2D eigenvalue weighted by atomic mass is 32.2. The zero-order valence-electron chi connectivity index (χ0n) is 13.4. The predicted molar refractivity (Wildman–Crippen MR) is 90.3 cm³/mol. The van der Waals surface area contributed by atoms with E-state index in [9.17, 15) is 17.6 Å². The van der Waals surface area contributed by atoms with Crippen molar-refractivity contribution in [3.8, 4) is 0 Å². The number of hydrogen-bond acceptors (Lipinski definition) is 3. The lowest BCUT2D eigenvalue weighted by Gasteiger charge is -2.09. The van der Waals surface area contributed by atoms with Gasteiger partial charge in [0.05, 0.1) is 4.90 Å². The first-order chi connectivity index (χ1) is 11.3. The minimum absolute atomic E-state index is 0.0667. The van der Waals surface area contributed by atoms with Crippen LogP contribution in [-0.2, 0) is 21.4 Å². The van der Waals surface area contributed by atoms with Crippen LogP contribution in [0.2, 0.25) is 0 Å². The zero-order chi connectivity index (χ0) is 17.7. The Hall–Kier alpha value is -2.25. The van der Waals surface area contributed by atoms with E-state index in [1.807, 2.05) is 0 Å². The average Bonchev–Trinajstić information content (AvgIpc) is 2.54. The SMILES string of the molecule is CC(C)C(=O)Nc1ccc(CNS(=O)(=O)c2cccc(F)c2)cc1. The third kappa shape index (κ3) is 4.87. The molecule has 128 valence electrons. The average molecular weight is 350 g/mol. The van der Waals surface area contributed by atoms with E-state index in [0.717, 1.165) is 11.6 Å². The maximum absolute atomic E-state index is 13.1. The molecule has 0 atom stereocenters. The van der Waals surface area contributed by atoms with Crippen LogP contribution in [0.1, 0.15) is 19.4 Å². The van der Waals surface area contributed by atoms with Gasteiger partial charge in [0.15, 0.2) is 0 Å². The van der Waals surface area contributed by atoms with Crippen LogP contribution in [0.15, 0.2) is 53.4 Å². The summed E-state index contributed by atoms with van der Waals surface area (Å²) in [5.41, 5.74) is 1.36. The second-order valence-electron chi connectivity index (χ2n) is 5.62. The lowest BCUT2D eigenvalue weighted by atomic mass is 10.2. The third-order valence-electron chi connectivity index (χ3n) is 3.32. The Morgan fingerprint density at radius 2 is 1.79 bits per heavy atom. The molecule has 0 aliphatic heterocycles. The molecule has 2 rings (SSSR count). The smallest absolute Gasteiger partial charge is 0.240 e. The summed E-state index contributed by atoms with van der Waals surface area (Å²) < 4.78 is 39.8. The number of rotatable bonds is 6. The van der Waals surface area contributed by atoms with E-state index in [1.54, 1.807) is 38.1 Å². The standard InChI is InChI=1S/C17H19FN2O3S/c1-12(2)17(21)20-15-8-6-13(7-9-15)11-19-24(22,23)16-5-3-4-14(18)10-16/h3-10,12,19H,11H2,1-2H3,(H,20,21). The van der Waals surface area contributed by atoms with Crippen molar-refractivity contribution in [3.63, 3.8) is 0 Å². The first-order valence-corrected chi connectivity index (χ1v) is 8.91. The van der Waals surface area contributed by atoms with Gasteiger partial charge in [-0.2, -0.15) is 0 Å². The van der Waals surface area contributed by atoms with Crippen molar-refractivity contribution in [1.82, 2.24) is 4.72 Å². The van der Waals surface area contributed by atoms with Crippen LogP contribution < -0.4 is 10.0 Å². The molecule has 0 bridgehead atoms. The van der Waals surface area contributed by atoms with Gasteiger partial charge >= 0.3 is 0 Å². The monoisotopic (exact) mass is 350 g/mol. The van der Waals surface area contributed by atoms with E-state index in [1.165, 1.54) is 18.2 Å².